The largest absolute Gasteiger partial charge is 0.486 e. The van der Waals surface area contributed by atoms with E-state index >= 15 is 0 Å². The van der Waals surface area contributed by atoms with Gasteiger partial charge in [-0.05, 0) is 12.1 Å². The summed E-state index contributed by atoms with van der Waals surface area (Å²) in [5, 5.41) is 0. The van der Waals surface area contributed by atoms with Crippen LogP contribution in [0.4, 0.5) is 0 Å². The Morgan fingerprint density at radius 3 is 2.95 bits per heavy atom. The Morgan fingerprint density at radius 2 is 2.14 bits per heavy atom. The molecule has 2 aliphatic heterocycles. The molecule has 0 unspecified atom stereocenters. The van der Waals surface area contributed by atoms with E-state index in [1.54, 1.807) is 18.7 Å². The van der Waals surface area contributed by atoms with Crippen LogP contribution in [0.15, 0.2) is 41.5 Å². The summed E-state index contributed by atoms with van der Waals surface area (Å²) in [6.45, 7) is 5.14. The lowest BCUT2D eigenvalue weighted by molar-refractivity contribution is 0.0927. The zero-order chi connectivity index (χ0) is 14.8. The van der Waals surface area contributed by atoms with E-state index in [2.05, 4.69) is 19.8 Å². The molecule has 2 aromatic rings. The Kier molecular flexibility index (Phi) is 3.78. The molecule has 4 heterocycles. The molecule has 2 fully saturated rings. The zero-order valence-electron chi connectivity index (χ0n) is 12.5. The highest BCUT2D eigenvalue weighted by atomic mass is 16.5. The van der Waals surface area contributed by atoms with Gasteiger partial charge in [0.05, 0.1) is 25.2 Å². The first kappa shape index (κ1) is 13.7. The van der Waals surface area contributed by atoms with Crippen molar-refractivity contribution in [3.8, 4) is 5.75 Å². The molecule has 0 amide bonds. The lowest BCUT2D eigenvalue weighted by Crippen LogP contribution is -2.49. The number of hydrogen-bond acceptors (Lipinski definition) is 6. The SMILES string of the molecule is c1coc(CN2CCN3C[C@@H](Oc4cncnc4)C[C@H]3C2)c1. The minimum atomic E-state index is 0.236. The number of nitrogens with zero attached hydrogens (tertiary/aromatic N) is 4. The van der Waals surface area contributed by atoms with E-state index in [0.29, 0.717) is 6.04 Å². The van der Waals surface area contributed by atoms with Crippen molar-refractivity contribution in [2.45, 2.75) is 25.1 Å². The van der Waals surface area contributed by atoms with Crippen molar-refractivity contribution in [3.05, 3.63) is 42.9 Å². The van der Waals surface area contributed by atoms with Crippen LogP contribution in [-0.4, -0.2) is 58.1 Å². The van der Waals surface area contributed by atoms with Crippen molar-refractivity contribution in [3.63, 3.8) is 0 Å². The molecule has 0 aliphatic carbocycles. The Hall–Kier alpha value is -1.92. The van der Waals surface area contributed by atoms with Gasteiger partial charge < -0.3 is 9.15 Å². The van der Waals surface area contributed by atoms with Crippen LogP contribution < -0.4 is 4.74 Å². The standard InChI is InChI=1S/C16H20N4O2/c1-2-14(21-5-1)10-19-3-4-20-11-15(6-13(20)9-19)22-16-7-17-12-18-8-16/h1-2,5,7-8,12-13,15H,3-4,6,9-11H2/t13-,15-/m0/s1. The molecule has 2 atom stereocenters. The number of ether oxygens (including phenoxy) is 1. The summed E-state index contributed by atoms with van der Waals surface area (Å²) in [7, 11) is 0. The van der Waals surface area contributed by atoms with Gasteiger partial charge in [-0.15, -0.1) is 0 Å². The van der Waals surface area contributed by atoms with E-state index in [-0.39, 0.29) is 6.10 Å². The predicted octanol–water partition coefficient (Wildman–Crippen LogP) is 1.41. The molecular weight excluding hydrogens is 280 g/mol. The summed E-state index contributed by atoms with van der Waals surface area (Å²) in [6.07, 6.45) is 8.02. The molecule has 22 heavy (non-hydrogen) atoms. The minimum Gasteiger partial charge on any atom is -0.486 e. The molecule has 2 saturated heterocycles. The molecule has 0 radical (unpaired) electrons. The number of aromatic nitrogens is 2. The maximum Gasteiger partial charge on any atom is 0.156 e. The lowest BCUT2D eigenvalue weighted by Gasteiger charge is -2.36. The quantitative estimate of drug-likeness (QED) is 0.851. The molecule has 6 heteroatoms. The van der Waals surface area contributed by atoms with Crippen molar-refractivity contribution in [1.29, 1.82) is 0 Å². The Morgan fingerprint density at radius 1 is 1.23 bits per heavy atom. The number of hydrogen-bond donors (Lipinski definition) is 0. The second kappa shape index (κ2) is 6.06. The maximum atomic E-state index is 6.00. The molecule has 2 aliphatic rings. The smallest absolute Gasteiger partial charge is 0.156 e. The highest BCUT2D eigenvalue weighted by Gasteiger charge is 2.37. The molecular formula is C16H20N4O2. The van der Waals surface area contributed by atoms with E-state index in [0.717, 1.165) is 50.7 Å². The number of fused-ring (bicyclic) bond motifs is 1. The number of rotatable bonds is 4. The fraction of sp³-hybridized carbons (Fsp3) is 0.500. The van der Waals surface area contributed by atoms with Crippen LogP contribution in [0.1, 0.15) is 12.2 Å². The average Bonchev–Trinajstić information content (AvgIpc) is 3.17. The minimum absolute atomic E-state index is 0.236. The average molecular weight is 300 g/mol. The van der Waals surface area contributed by atoms with Crippen molar-refractivity contribution < 1.29 is 9.15 Å². The zero-order valence-corrected chi connectivity index (χ0v) is 12.5. The molecule has 4 rings (SSSR count). The van der Waals surface area contributed by atoms with Crippen molar-refractivity contribution in [2.75, 3.05) is 26.2 Å². The topological polar surface area (TPSA) is 54.6 Å². The van der Waals surface area contributed by atoms with Gasteiger partial charge in [0, 0.05) is 38.6 Å². The number of furan rings is 1. The van der Waals surface area contributed by atoms with Gasteiger partial charge in [0.15, 0.2) is 5.75 Å². The van der Waals surface area contributed by atoms with Gasteiger partial charge >= 0.3 is 0 Å². The summed E-state index contributed by atoms with van der Waals surface area (Å²) >= 11 is 0. The van der Waals surface area contributed by atoms with E-state index in [1.165, 1.54) is 6.33 Å². The summed E-state index contributed by atoms with van der Waals surface area (Å²) in [6, 6.07) is 4.56. The van der Waals surface area contributed by atoms with Crippen LogP contribution in [0.5, 0.6) is 5.75 Å². The first-order valence-corrected chi connectivity index (χ1v) is 7.77. The summed E-state index contributed by atoms with van der Waals surface area (Å²) in [5.74, 6) is 1.81. The number of piperazine rings is 1. The van der Waals surface area contributed by atoms with Gasteiger partial charge in [-0.3, -0.25) is 9.80 Å². The first-order chi connectivity index (χ1) is 10.9. The fourth-order valence-electron chi connectivity index (χ4n) is 3.45. The Bertz CT molecular complexity index is 589. The maximum absolute atomic E-state index is 6.00. The van der Waals surface area contributed by atoms with Crippen LogP contribution in [-0.2, 0) is 6.54 Å². The molecule has 0 aromatic carbocycles. The summed E-state index contributed by atoms with van der Waals surface area (Å²) < 4.78 is 11.5. The molecule has 0 spiro atoms. The molecule has 0 saturated carbocycles. The van der Waals surface area contributed by atoms with Crippen LogP contribution in [0.2, 0.25) is 0 Å². The molecule has 116 valence electrons. The van der Waals surface area contributed by atoms with Crippen LogP contribution >= 0.6 is 0 Å². The normalized spacial score (nSPS) is 26.0. The monoisotopic (exact) mass is 300 g/mol. The van der Waals surface area contributed by atoms with E-state index in [4.69, 9.17) is 9.15 Å². The van der Waals surface area contributed by atoms with Gasteiger partial charge in [-0.25, -0.2) is 9.97 Å². The van der Waals surface area contributed by atoms with Gasteiger partial charge in [0.2, 0.25) is 0 Å². The van der Waals surface area contributed by atoms with Crippen LogP contribution in [0, 0.1) is 0 Å². The fourth-order valence-corrected chi connectivity index (χ4v) is 3.45. The van der Waals surface area contributed by atoms with Gasteiger partial charge in [0.25, 0.3) is 0 Å². The van der Waals surface area contributed by atoms with Gasteiger partial charge in [-0.2, -0.15) is 0 Å². The lowest BCUT2D eigenvalue weighted by atomic mass is 10.1. The predicted molar refractivity (Wildman–Crippen MR) is 80.4 cm³/mol. The van der Waals surface area contributed by atoms with Gasteiger partial charge in [0.1, 0.15) is 18.2 Å². The van der Waals surface area contributed by atoms with E-state index < -0.39 is 0 Å². The van der Waals surface area contributed by atoms with Crippen LogP contribution in [0.25, 0.3) is 0 Å². The van der Waals surface area contributed by atoms with Crippen molar-refractivity contribution in [1.82, 2.24) is 19.8 Å². The Balaban J connectivity index is 1.33. The molecule has 0 bridgehead atoms. The summed E-state index contributed by atoms with van der Waals surface area (Å²) in [5.41, 5.74) is 0. The third-order valence-electron chi connectivity index (χ3n) is 4.46. The Labute approximate surface area is 129 Å². The highest BCUT2D eigenvalue weighted by Crippen LogP contribution is 2.26. The van der Waals surface area contributed by atoms with Crippen molar-refractivity contribution in [2.24, 2.45) is 0 Å². The highest BCUT2D eigenvalue weighted by molar-refractivity contribution is 5.11. The second-order valence-corrected chi connectivity index (χ2v) is 6.01. The van der Waals surface area contributed by atoms with Gasteiger partial charge in [-0.1, -0.05) is 0 Å². The third-order valence-corrected chi connectivity index (χ3v) is 4.46. The first-order valence-electron chi connectivity index (χ1n) is 7.77. The van der Waals surface area contributed by atoms with Crippen LogP contribution in [0.3, 0.4) is 0 Å². The third kappa shape index (κ3) is 2.98. The molecule has 0 N–H and O–H groups in total. The van der Waals surface area contributed by atoms with E-state index in [9.17, 15) is 0 Å². The van der Waals surface area contributed by atoms with Crippen molar-refractivity contribution >= 4 is 0 Å². The summed E-state index contributed by atoms with van der Waals surface area (Å²) in [4.78, 5) is 13.0. The second-order valence-electron chi connectivity index (χ2n) is 6.01. The van der Waals surface area contributed by atoms with E-state index in [1.807, 2.05) is 12.1 Å². The molecule has 2 aromatic heterocycles. The molecule has 6 nitrogen and oxygen atoms in total.